The maximum atomic E-state index is 16.6. The Bertz CT molecular complexity index is 1660. The Labute approximate surface area is 241 Å². The molecule has 4 aromatic rings. The first-order valence-corrected chi connectivity index (χ1v) is 14.7. The highest BCUT2D eigenvalue weighted by molar-refractivity contribution is 7.22. The highest BCUT2D eigenvalue weighted by Gasteiger charge is 2.39. The van der Waals surface area contributed by atoms with Gasteiger partial charge >= 0.3 is 12.2 Å². The summed E-state index contributed by atoms with van der Waals surface area (Å²) in [5, 5.41) is 3.36. The minimum Gasteiger partial charge on any atom is -0.461 e. The van der Waals surface area contributed by atoms with Crippen molar-refractivity contribution in [1.82, 2.24) is 20.3 Å². The van der Waals surface area contributed by atoms with E-state index in [-0.39, 0.29) is 68.4 Å². The van der Waals surface area contributed by atoms with Gasteiger partial charge in [0.15, 0.2) is 10.9 Å². The molecule has 3 unspecified atom stereocenters. The number of rotatable bonds is 5. The van der Waals surface area contributed by atoms with Crippen molar-refractivity contribution in [2.45, 2.75) is 56.5 Å². The Balaban J connectivity index is 1.43. The van der Waals surface area contributed by atoms with E-state index in [1.807, 2.05) is 4.90 Å². The third-order valence-corrected chi connectivity index (χ3v) is 9.06. The number of nitrogens with one attached hydrogen (secondary N) is 1. The number of aromatic nitrogens is 3. The van der Waals surface area contributed by atoms with Crippen LogP contribution in [0.5, 0.6) is 6.01 Å². The number of thiazole rings is 1. The van der Waals surface area contributed by atoms with Crippen LogP contribution in [0.1, 0.15) is 37.7 Å². The summed E-state index contributed by atoms with van der Waals surface area (Å²) < 4.78 is 86.7. The Hall–Kier alpha value is -3.36. The predicted octanol–water partition coefficient (Wildman–Crippen LogP) is 5.67. The molecule has 0 saturated carbocycles. The van der Waals surface area contributed by atoms with Crippen LogP contribution in [0.3, 0.4) is 0 Å². The number of ether oxygens (including phenoxy) is 2. The molecule has 0 radical (unpaired) electrons. The number of piperazine rings is 1. The van der Waals surface area contributed by atoms with E-state index in [0.29, 0.717) is 19.7 Å². The third kappa shape index (κ3) is 4.88. The van der Waals surface area contributed by atoms with Gasteiger partial charge in [0.2, 0.25) is 0 Å². The van der Waals surface area contributed by atoms with Gasteiger partial charge in [0.25, 0.3) is 0 Å². The molecule has 3 N–H and O–H groups in total. The molecular formula is C28H27F5N6O2S. The van der Waals surface area contributed by atoms with Crippen molar-refractivity contribution >= 4 is 43.4 Å². The summed E-state index contributed by atoms with van der Waals surface area (Å²) in [4.78, 5) is 14.7. The summed E-state index contributed by atoms with van der Waals surface area (Å²) in [6, 6.07) is 3.09. The van der Waals surface area contributed by atoms with Crippen molar-refractivity contribution in [1.29, 1.82) is 0 Å². The molecule has 3 fully saturated rings. The maximum absolute atomic E-state index is 16.6. The summed E-state index contributed by atoms with van der Waals surface area (Å²) >= 11 is 0.778. The van der Waals surface area contributed by atoms with E-state index in [9.17, 15) is 17.6 Å². The third-order valence-electron chi connectivity index (χ3n) is 8.17. The summed E-state index contributed by atoms with van der Waals surface area (Å²) in [6.07, 6.45) is -0.576. The van der Waals surface area contributed by atoms with Crippen molar-refractivity contribution in [2.75, 3.05) is 36.9 Å². The number of hydrogen-bond acceptors (Lipinski definition) is 9. The van der Waals surface area contributed by atoms with Crippen molar-refractivity contribution in [3.05, 3.63) is 35.4 Å². The van der Waals surface area contributed by atoms with Gasteiger partial charge in [-0.05, 0) is 50.3 Å². The van der Waals surface area contributed by atoms with Gasteiger partial charge in [-0.25, -0.2) is 13.8 Å². The number of anilines is 2. The molecule has 2 aromatic carbocycles. The van der Waals surface area contributed by atoms with E-state index in [4.69, 9.17) is 15.2 Å². The fourth-order valence-electron chi connectivity index (χ4n) is 6.25. The molecule has 7 rings (SSSR count). The molecule has 2 bridgehead atoms. The normalized spacial score (nSPS) is 22.8. The molecule has 5 heterocycles. The van der Waals surface area contributed by atoms with Crippen LogP contribution in [-0.2, 0) is 10.9 Å². The van der Waals surface area contributed by atoms with E-state index in [0.717, 1.165) is 61.6 Å². The lowest BCUT2D eigenvalue weighted by Crippen LogP contribution is -2.51. The molecule has 42 heavy (non-hydrogen) atoms. The molecule has 3 atom stereocenters. The minimum atomic E-state index is -4.96. The van der Waals surface area contributed by atoms with Crippen molar-refractivity contribution in [3.63, 3.8) is 0 Å². The minimum absolute atomic E-state index is 0.0512. The average molecular weight is 607 g/mol. The number of alkyl halides is 3. The Kier molecular flexibility index (Phi) is 6.82. The Morgan fingerprint density at radius 2 is 1.83 bits per heavy atom. The smallest absolute Gasteiger partial charge is 0.417 e. The van der Waals surface area contributed by atoms with E-state index >= 15 is 4.39 Å². The van der Waals surface area contributed by atoms with Crippen LogP contribution < -0.4 is 20.7 Å². The van der Waals surface area contributed by atoms with Crippen LogP contribution in [0.4, 0.5) is 32.9 Å². The fourth-order valence-corrected chi connectivity index (χ4v) is 7.02. The zero-order valence-electron chi connectivity index (χ0n) is 22.3. The molecule has 3 saturated heterocycles. The quantitative estimate of drug-likeness (QED) is 0.281. The van der Waals surface area contributed by atoms with Crippen molar-refractivity contribution < 1.29 is 31.4 Å². The van der Waals surface area contributed by atoms with Gasteiger partial charge < -0.3 is 25.4 Å². The van der Waals surface area contributed by atoms with Crippen molar-refractivity contribution in [3.8, 4) is 17.1 Å². The number of nitrogens with zero attached hydrogens (tertiary/aromatic N) is 4. The molecule has 3 aliphatic rings. The van der Waals surface area contributed by atoms with Gasteiger partial charge in [-0.2, -0.15) is 23.1 Å². The molecule has 14 heteroatoms. The molecule has 2 aromatic heterocycles. The summed E-state index contributed by atoms with van der Waals surface area (Å²) in [5.41, 5.74) is 3.04. The number of halogens is 5. The van der Waals surface area contributed by atoms with Crippen LogP contribution in [0.25, 0.3) is 32.2 Å². The topological polar surface area (TPSA) is 98.4 Å². The molecule has 222 valence electrons. The van der Waals surface area contributed by atoms with Gasteiger partial charge in [-0.1, -0.05) is 11.3 Å². The molecule has 0 amide bonds. The number of hydrogen-bond donors (Lipinski definition) is 2. The summed E-state index contributed by atoms with van der Waals surface area (Å²) in [6.45, 7) is 1.72. The summed E-state index contributed by atoms with van der Waals surface area (Å²) in [7, 11) is 0. The van der Waals surface area contributed by atoms with Gasteiger partial charge in [-0.3, -0.25) is 0 Å². The largest absolute Gasteiger partial charge is 0.461 e. The van der Waals surface area contributed by atoms with Crippen LogP contribution in [0.2, 0.25) is 0 Å². The van der Waals surface area contributed by atoms with Crippen LogP contribution >= 0.6 is 11.3 Å². The average Bonchev–Trinajstić information content (AvgIpc) is 3.53. The highest BCUT2D eigenvalue weighted by Crippen LogP contribution is 2.46. The molecule has 8 nitrogen and oxygen atoms in total. The maximum Gasteiger partial charge on any atom is 0.417 e. The standard InChI is InChI=1S/C28H27F5N6O2S/c29-19-7-6-16(23-24(19)42-26(34)36-23)20-18(28(31,32)33)9-17-22(21(20)30)37-27(41-12-15-3-1-2-8-40-15)38-25(17)39-10-13-4-5-14(11-39)35-13/h6-7,9,13-15,35H,1-5,8,10-12H2,(H2,34,36). The van der Waals surface area contributed by atoms with Gasteiger partial charge in [0.1, 0.15) is 23.8 Å². The molecule has 0 aliphatic carbocycles. The van der Waals surface area contributed by atoms with Crippen LogP contribution in [-0.4, -0.2) is 59.4 Å². The molecular weight excluding hydrogens is 579 g/mol. The second kappa shape index (κ2) is 10.4. The fraction of sp³-hybridized carbons (Fsp3) is 0.464. The van der Waals surface area contributed by atoms with E-state index in [1.54, 1.807) is 0 Å². The number of nitrogen functional groups attached to an aromatic ring is 1. The molecule has 3 aliphatic heterocycles. The van der Waals surface area contributed by atoms with Gasteiger partial charge in [-0.15, -0.1) is 0 Å². The van der Waals surface area contributed by atoms with Crippen LogP contribution in [0, 0.1) is 11.6 Å². The zero-order chi connectivity index (χ0) is 29.2. The zero-order valence-corrected chi connectivity index (χ0v) is 23.1. The Morgan fingerprint density at radius 1 is 1.05 bits per heavy atom. The number of nitrogens with two attached hydrogens (primary N) is 1. The first-order chi connectivity index (χ1) is 20.2. The molecule has 0 spiro atoms. The van der Waals surface area contributed by atoms with E-state index in [1.165, 1.54) is 0 Å². The lowest BCUT2D eigenvalue weighted by Gasteiger charge is -2.34. The van der Waals surface area contributed by atoms with E-state index < -0.39 is 28.9 Å². The van der Waals surface area contributed by atoms with Gasteiger partial charge in [0, 0.05) is 48.3 Å². The lowest BCUT2D eigenvalue weighted by molar-refractivity contribution is -0.137. The number of benzene rings is 2. The highest BCUT2D eigenvalue weighted by atomic mass is 32.1. The number of fused-ring (bicyclic) bond motifs is 4. The van der Waals surface area contributed by atoms with Gasteiger partial charge in [0.05, 0.1) is 21.9 Å². The van der Waals surface area contributed by atoms with Crippen LogP contribution in [0.15, 0.2) is 18.2 Å². The summed E-state index contributed by atoms with van der Waals surface area (Å²) in [5.74, 6) is -1.76. The second-order valence-corrected chi connectivity index (χ2v) is 12.0. The second-order valence-electron chi connectivity index (χ2n) is 11.0. The predicted molar refractivity (Wildman–Crippen MR) is 149 cm³/mol. The monoisotopic (exact) mass is 606 g/mol. The SMILES string of the molecule is Nc1nc2c(-c3c(C(F)(F)F)cc4c(N5CC6CCC(C5)N6)nc(OCC5CCCCO5)nc4c3F)ccc(F)c2s1. The first-order valence-electron chi connectivity index (χ1n) is 13.9. The first kappa shape index (κ1) is 27.5. The Morgan fingerprint density at radius 3 is 2.55 bits per heavy atom. The van der Waals surface area contributed by atoms with E-state index in [2.05, 4.69) is 20.3 Å². The van der Waals surface area contributed by atoms with Crippen molar-refractivity contribution in [2.24, 2.45) is 0 Å². The lowest BCUT2D eigenvalue weighted by atomic mass is 9.95.